The number of aromatic nitrogens is 2. The third kappa shape index (κ3) is 5.13. The maximum absolute atomic E-state index is 13.0. The summed E-state index contributed by atoms with van der Waals surface area (Å²) in [4.78, 5) is 23.1. The molecule has 1 saturated heterocycles. The molecule has 1 amide bonds. The van der Waals surface area contributed by atoms with Crippen LogP contribution in [0.1, 0.15) is 44.5 Å². The number of halogens is 3. The molecule has 0 unspecified atom stereocenters. The highest BCUT2D eigenvalue weighted by Crippen LogP contribution is 2.30. The molecule has 4 rings (SSSR count). The van der Waals surface area contributed by atoms with E-state index in [4.69, 9.17) is 4.74 Å². The first-order valence-electron chi connectivity index (χ1n) is 10.2. The van der Waals surface area contributed by atoms with Gasteiger partial charge in [-0.15, -0.1) is 0 Å². The number of aryl methyl sites for hydroxylation is 1. The lowest BCUT2D eigenvalue weighted by Crippen LogP contribution is -2.42. The van der Waals surface area contributed by atoms with Crippen LogP contribution in [-0.2, 0) is 17.3 Å². The molecule has 0 saturated carbocycles. The molecule has 3 aromatic rings. The lowest BCUT2D eigenvalue weighted by atomic mass is 10.0. The number of hydrogen-bond donors (Lipinski definition) is 0. The van der Waals surface area contributed by atoms with Crippen LogP contribution in [-0.4, -0.2) is 40.5 Å². The van der Waals surface area contributed by atoms with Gasteiger partial charge in [0.05, 0.1) is 30.0 Å². The Labute approximate surface area is 183 Å². The van der Waals surface area contributed by atoms with Crippen molar-refractivity contribution in [3.05, 3.63) is 94.6 Å². The molecule has 1 aliphatic rings. The zero-order valence-electron chi connectivity index (χ0n) is 17.5. The standard InChI is InChI=1S/C24H22F3N3O2/c1-16-10-18(11-17-4-2-6-20(12-17)24(25,26)27)13-21(29-16)22-15-30(8-9-32-22)23(31)19-5-3-7-28-14-19/h2-7,10,12-14,22H,8-9,11,15H2,1H3/t22-/m0/s1. The molecule has 166 valence electrons. The Balaban J connectivity index is 1.53. The Morgan fingerprint density at radius 1 is 1.16 bits per heavy atom. The zero-order chi connectivity index (χ0) is 22.7. The van der Waals surface area contributed by atoms with Gasteiger partial charge in [0.15, 0.2) is 0 Å². The van der Waals surface area contributed by atoms with Crippen LogP contribution in [0.3, 0.4) is 0 Å². The van der Waals surface area contributed by atoms with E-state index in [1.165, 1.54) is 18.3 Å². The molecule has 1 aromatic carbocycles. The second kappa shape index (κ2) is 9.08. The van der Waals surface area contributed by atoms with E-state index in [1.807, 2.05) is 19.1 Å². The highest BCUT2D eigenvalue weighted by atomic mass is 19.4. The quantitative estimate of drug-likeness (QED) is 0.594. The Morgan fingerprint density at radius 2 is 2.00 bits per heavy atom. The molecule has 5 nitrogen and oxygen atoms in total. The van der Waals surface area contributed by atoms with Crippen molar-refractivity contribution in [3.8, 4) is 0 Å². The summed E-state index contributed by atoms with van der Waals surface area (Å²) in [6, 6.07) is 12.5. The summed E-state index contributed by atoms with van der Waals surface area (Å²) in [7, 11) is 0. The number of pyridine rings is 2. The molecule has 8 heteroatoms. The van der Waals surface area contributed by atoms with Crippen molar-refractivity contribution in [1.29, 1.82) is 0 Å². The number of benzene rings is 1. The Morgan fingerprint density at radius 3 is 2.75 bits per heavy atom. The SMILES string of the molecule is Cc1cc(Cc2cccc(C(F)(F)F)c2)cc([C@@H]2CN(C(=O)c3cccnc3)CCO2)n1. The lowest BCUT2D eigenvalue weighted by Gasteiger charge is -2.33. The molecular weight excluding hydrogens is 419 g/mol. The van der Waals surface area contributed by atoms with Gasteiger partial charge in [-0.1, -0.05) is 18.2 Å². The van der Waals surface area contributed by atoms with Gasteiger partial charge in [-0.25, -0.2) is 0 Å². The van der Waals surface area contributed by atoms with Crippen molar-refractivity contribution < 1.29 is 22.7 Å². The zero-order valence-corrected chi connectivity index (χ0v) is 17.5. The largest absolute Gasteiger partial charge is 0.416 e. The van der Waals surface area contributed by atoms with Gasteiger partial charge >= 0.3 is 6.18 Å². The molecule has 1 aliphatic heterocycles. The molecule has 0 bridgehead atoms. The fraction of sp³-hybridized carbons (Fsp3) is 0.292. The molecule has 2 aromatic heterocycles. The van der Waals surface area contributed by atoms with E-state index in [-0.39, 0.29) is 5.91 Å². The molecule has 0 N–H and O–H groups in total. The van der Waals surface area contributed by atoms with Crippen LogP contribution in [0.4, 0.5) is 13.2 Å². The van der Waals surface area contributed by atoms with Crippen molar-refractivity contribution in [2.75, 3.05) is 19.7 Å². The second-order valence-corrected chi connectivity index (χ2v) is 7.77. The number of nitrogens with zero attached hydrogens (tertiary/aromatic N) is 3. The van der Waals surface area contributed by atoms with Crippen molar-refractivity contribution in [1.82, 2.24) is 14.9 Å². The van der Waals surface area contributed by atoms with Crippen LogP contribution in [0.5, 0.6) is 0 Å². The van der Waals surface area contributed by atoms with E-state index in [0.29, 0.717) is 42.9 Å². The van der Waals surface area contributed by atoms with Gasteiger partial charge in [-0.2, -0.15) is 13.2 Å². The number of morpholine rings is 1. The number of hydrogen-bond acceptors (Lipinski definition) is 4. The Hall–Kier alpha value is -3.26. The summed E-state index contributed by atoms with van der Waals surface area (Å²) in [6.45, 7) is 3.01. The molecule has 1 fully saturated rings. The van der Waals surface area contributed by atoms with Crippen LogP contribution in [0.15, 0.2) is 60.9 Å². The van der Waals surface area contributed by atoms with Crippen LogP contribution in [0, 0.1) is 6.92 Å². The first kappa shape index (κ1) is 22.0. The molecule has 3 heterocycles. The average molecular weight is 441 g/mol. The smallest absolute Gasteiger partial charge is 0.368 e. The van der Waals surface area contributed by atoms with Gasteiger partial charge < -0.3 is 9.64 Å². The van der Waals surface area contributed by atoms with Crippen LogP contribution in [0.25, 0.3) is 0 Å². The van der Waals surface area contributed by atoms with Gasteiger partial charge in [0.2, 0.25) is 0 Å². The van der Waals surface area contributed by atoms with Crippen LogP contribution >= 0.6 is 0 Å². The molecule has 0 aliphatic carbocycles. The second-order valence-electron chi connectivity index (χ2n) is 7.77. The fourth-order valence-electron chi connectivity index (χ4n) is 3.81. The van der Waals surface area contributed by atoms with Crippen molar-refractivity contribution >= 4 is 5.91 Å². The van der Waals surface area contributed by atoms with E-state index in [0.717, 1.165) is 17.3 Å². The van der Waals surface area contributed by atoms with Crippen molar-refractivity contribution in [3.63, 3.8) is 0 Å². The third-order valence-electron chi connectivity index (χ3n) is 5.29. The average Bonchev–Trinajstić information content (AvgIpc) is 2.78. The van der Waals surface area contributed by atoms with E-state index in [1.54, 1.807) is 29.3 Å². The number of carbonyl (C=O) groups excluding carboxylic acids is 1. The molecule has 32 heavy (non-hydrogen) atoms. The first-order valence-corrected chi connectivity index (χ1v) is 10.2. The Kier molecular flexibility index (Phi) is 6.23. The Bertz CT molecular complexity index is 1100. The minimum Gasteiger partial charge on any atom is -0.368 e. The number of ether oxygens (including phenoxy) is 1. The van der Waals surface area contributed by atoms with Crippen molar-refractivity contribution in [2.24, 2.45) is 0 Å². The third-order valence-corrected chi connectivity index (χ3v) is 5.29. The van der Waals surface area contributed by atoms with Gasteiger partial charge in [-0.05, 0) is 54.8 Å². The van der Waals surface area contributed by atoms with E-state index < -0.39 is 17.8 Å². The summed E-state index contributed by atoms with van der Waals surface area (Å²) in [5.74, 6) is -0.122. The maximum Gasteiger partial charge on any atom is 0.416 e. The molecule has 0 spiro atoms. The number of alkyl halides is 3. The predicted molar refractivity (Wildman–Crippen MR) is 112 cm³/mol. The summed E-state index contributed by atoms with van der Waals surface area (Å²) in [5.41, 5.74) is 2.65. The van der Waals surface area contributed by atoms with E-state index in [9.17, 15) is 18.0 Å². The van der Waals surface area contributed by atoms with Crippen molar-refractivity contribution in [2.45, 2.75) is 25.6 Å². The highest BCUT2D eigenvalue weighted by Gasteiger charge is 2.30. The summed E-state index contributed by atoms with van der Waals surface area (Å²) in [5, 5.41) is 0. The van der Waals surface area contributed by atoms with Gasteiger partial charge in [0, 0.05) is 24.6 Å². The maximum atomic E-state index is 13.0. The fourth-order valence-corrected chi connectivity index (χ4v) is 3.81. The number of amides is 1. The van der Waals surface area contributed by atoms with E-state index >= 15 is 0 Å². The van der Waals surface area contributed by atoms with Crippen LogP contribution < -0.4 is 0 Å². The number of rotatable bonds is 4. The van der Waals surface area contributed by atoms with E-state index in [2.05, 4.69) is 9.97 Å². The summed E-state index contributed by atoms with van der Waals surface area (Å²) in [6.07, 6.45) is -1.31. The normalized spacial score (nSPS) is 16.8. The monoisotopic (exact) mass is 441 g/mol. The molecular formula is C24H22F3N3O2. The van der Waals surface area contributed by atoms with Gasteiger partial charge in [-0.3, -0.25) is 14.8 Å². The van der Waals surface area contributed by atoms with Gasteiger partial charge in [0.1, 0.15) is 6.10 Å². The van der Waals surface area contributed by atoms with Crippen LogP contribution in [0.2, 0.25) is 0 Å². The first-order chi connectivity index (χ1) is 15.3. The topological polar surface area (TPSA) is 55.3 Å². The van der Waals surface area contributed by atoms with Gasteiger partial charge in [0.25, 0.3) is 5.91 Å². The minimum absolute atomic E-state index is 0.122. The summed E-state index contributed by atoms with van der Waals surface area (Å²) < 4.78 is 45.0. The predicted octanol–water partition coefficient (Wildman–Crippen LogP) is 4.61. The summed E-state index contributed by atoms with van der Waals surface area (Å²) >= 11 is 0. The molecule has 1 atom stereocenters. The highest BCUT2D eigenvalue weighted by molar-refractivity contribution is 5.93. The minimum atomic E-state index is -4.38. The molecule has 0 radical (unpaired) electrons. The number of carbonyl (C=O) groups is 1. The lowest BCUT2D eigenvalue weighted by molar-refractivity contribution is -0.137.